The van der Waals surface area contributed by atoms with Gasteiger partial charge < -0.3 is 14.5 Å². The third-order valence-corrected chi connectivity index (χ3v) is 4.91. The van der Waals surface area contributed by atoms with Crippen molar-refractivity contribution in [3.63, 3.8) is 0 Å². The molecule has 2 heterocycles. The molecule has 6 nitrogen and oxygen atoms in total. The summed E-state index contributed by atoms with van der Waals surface area (Å²) in [6, 6.07) is 9.96. The smallest absolute Gasteiger partial charge is 0.263 e. The Balaban J connectivity index is 1.53. The molecule has 0 spiro atoms. The number of hydrogen-bond acceptors (Lipinski definition) is 5. The number of anilines is 1. The van der Waals surface area contributed by atoms with Crippen molar-refractivity contribution < 1.29 is 9.53 Å². The van der Waals surface area contributed by atoms with Gasteiger partial charge in [-0.25, -0.2) is 9.97 Å². The standard InChI is InChI=1S/C21H28N4O2/c1-15(2)18-5-7-19(8-6-18)27-17(4)21(26)25-11-9-24(10-12-25)20-13-16(3)22-14-23-20/h5-8,13-15,17H,9-12H2,1-4H3. The van der Waals surface area contributed by atoms with Crippen LogP contribution in [0, 0.1) is 6.92 Å². The number of aryl methyl sites for hydroxylation is 1. The van der Waals surface area contributed by atoms with E-state index < -0.39 is 6.10 Å². The monoisotopic (exact) mass is 368 g/mol. The van der Waals surface area contributed by atoms with Crippen LogP contribution in [0.5, 0.6) is 5.75 Å². The number of ether oxygens (including phenoxy) is 1. The van der Waals surface area contributed by atoms with Gasteiger partial charge in [-0.3, -0.25) is 4.79 Å². The molecule has 0 aliphatic carbocycles. The number of carbonyl (C=O) groups excluding carboxylic acids is 1. The topological polar surface area (TPSA) is 58.6 Å². The minimum absolute atomic E-state index is 0.0291. The van der Waals surface area contributed by atoms with E-state index in [-0.39, 0.29) is 5.91 Å². The number of hydrogen-bond donors (Lipinski definition) is 0. The molecule has 1 unspecified atom stereocenters. The zero-order valence-electron chi connectivity index (χ0n) is 16.6. The van der Waals surface area contributed by atoms with Crippen molar-refractivity contribution in [1.29, 1.82) is 0 Å². The fraction of sp³-hybridized carbons (Fsp3) is 0.476. The Morgan fingerprint density at radius 1 is 1.04 bits per heavy atom. The largest absolute Gasteiger partial charge is 0.481 e. The van der Waals surface area contributed by atoms with E-state index in [1.54, 1.807) is 6.33 Å². The van der Waals surface area contributed by atoms with Gasteiger partial charge in [-0.15, -0.1) is 0 Å². The third-order valence-electron chi connectivity index (χ3n) is 4.91. The van der Waals surface area contributed by atoms with Gasteiger partial charge in [0.15, 0.2) is 6.10 Å². The second-order valence-corrected chi connectivity index (χ2v) is 7.31. The average molecular weight is 368 g/mol. The predicted molar refractivity (Wildman–Crippen MR) is 106 cm³/mol. The highest BCUT2D eigenvalue weighted by atomic mass is 16.5. The summed E-state index contributed by atoms with van der Waals surface area (Å²) in [5.74, 6) is 2.16. The maximum absolute atomic E-state index is 12.7. The first kappa shape index (κ1) is 19.1. The van der Waals surface area contributed by atoms with Crippen molar-refractivity contribution in [3.8, 4) is 5.75 Å². The van der Waals surface area contributed by atoms with Crippen molar-refractivity contribution in [1.82, 2.24) is 14.9 Å². The summed E-state index contributed by atoms with van der Waals surface area (Å²) in [6.45, 7) is 10.9. The lowest BCUT2D eigenvalue weighted by Gasteiger charge is -2.36. The second-order valence-electron chi connectivity index (χ2n) is 7.31. The maximum Gasteiger partial charge on any atom is 0.263 e. The van der Waals surface area contributed by atoms with Crippen molar-refractivity contribution in [2.24, 2.45) is 0 Å². The molecule has 1 saturated heterocycles. The summed E-state index contributed by atoms with van der Waals surface area (Å²) in [5, 5.41) is 0. The van der Waals surface area contributed by atoms with E-state index in [0.717, 1.165) is 30.4 Å². The van der Waals surface area contributed by atoms with Crippen LogP contribution in [0.1, 0.15) is 37.9 Å². The highest BCUT2D eigenvalue weighted by Crippen LogP contribution is 2.20. The fourth-order valence-corrected chi connectivity index (χ4v) is 3.21. The normalized spacial score (nSPS) is 15.7. The van der Waals surface area contributed by atoms with Crippen LogP contribution in [-0.4, -0.2) is 53.1 Å². The molecule has 6 heteroatoms. The van der Waals surface area contributed by atoms with E-state index in [1.807, 2.05) is 36.9 Å². The molecule has 1 atom stereocenters. The highest BCUT2D eigenvalue weighted by Gasteiger charge is 2.26. The molecule has 1 fully saturated rings. The molecule has 27 heavy (non-hydrogen) atoms. The van der Waals surface area contributed by atoms with E-state index in [1.165, 1.54) is 5.56 Å². The Labute approximate surface area is 161 Å². The number of aromatic nitrogens is 2. The minimum atomic E-state index is -0.497. The van der Waals surface area contributed by atoms with Gasteiger partial charge in [0, 0.05) is 37.9 Å². The van der Waals surface area contributed by atoms with Gasteiger partial charge >= 0.3 is 0 Å². The summed E-state index contributed by atoms with van der Waals surface area (Å²) >= 11 is 0. The first-order valence-electron chi connectivity index (χ1n) is 9.53. The molecule has 0 N–H and O–H groups in total. The maximum atomic E-state index is 12.7. The van der Waals surface area contributed by atoms with Crippen molar-refractivity contribution in [2.45, 2.75) is 39.7 Å². The number of rotatable bonds is 5. The SMILES string of the molecule is Cc1cc(N2CCN(C(=O)C(C)Oc3ccc(C(C)C)cc3)CC2)ncn1. The van der Waals surface area contributed by atoms with Crippen LogP contribution in [-0.2, 0) is 4.79 Å². The van der Waals surface area contributed by atoms with Gasteiger partial charge in [-0.1, -0.05) is 26.0 Å². The predicted octanol–water partition coefficient (Wildman–Crippen LogP) is 3.02. The zero-order valence-corrected chi connectivity index (χ0v) is 16.6. The molecule has 3 rings (SSSR count). The molecule has 1 aliphatic rings. The van der Waals surface area contributed by atoms with E-state index >= 15 is 0 Å². The Kier molecular flexibility index (Phi) is 5.94. The van der Waals surface area contributed by atoms with E-state index in [0.29, 0.717) is 19.0 Å². The summed E-state index contributed by atoms with van der Waals surface area (Å²) < 4.78 is 5.87. The minimum Gasteiger partial charge on any atom is -0.481 e. The van der Waals surface area contributed by atoms with Crippen molar-refractivity contribution >= 4 is 11.7 Å². The van der Waals surface area contributed by atoms with Crippen LogP contribution in [0.4, 0.5) is 5.82 Å². The molecule has 1 amide bonds. The fourth-order valence-electron chi connectivity index (χ4n) is 3.21. The van der Waals surface area contributed by atoms with Crippen LogP contribution >= 0.6 is 0 Å². The van der Waals surface area contributed by atoms with Crippen LogP contribution < -0.4 is 9.64 Å². The quantitative estimate of drug-likeness (QED) is 0.812. The molecule has 1 aromatic carbocycles. The Hall–Kier alpha value is -2.63. The molecular formula is C21H28N4O2. The van der Waals surface area contributed by atoms with Crippen molar-refractivity contribution in [2.75, 3.05) is 31.1 Å². The Morgan fingerprint density at radius 3 is 2.30 bits per heavy atom. The zero-order chi connectivity index (χ0) is 19.4. The summed E-state index contributed by atoms with van der Waals surface area (Å²) in [7, 11) is 0. The van der Waals surface area contributed by atoms with Gasteiger partial charge in [-0.2, -0.15) is 0 Å². The van der Waals surface area contributed by atoms with Crippen LogP contribution in [0.2, 0.25) is 0 Å². The third kappa shape index (κ3) is 4.76. The van der Waals surface area contributed by atoms with Crippen LogP contribution in [0.3, 0.4) is 0 Å². The highest BCUT2D eigenvalue weighted by molar-refractivity contribution is 5.81. The molecular weight excluding hydrogens is 340 g/mol. The second kappa shape index (κ2) is 8.37. The summed E-state index contributed by atoms with van der Waals surface area (Å²) in [4.78, 5) is 25.3. The van der Waals surface area contributed by atoms with E-state index in [9.17, 15) is 4.79 Å². The molecule has 2 aromatic rings. The number of carbonyl (C=O) groups is 1. The lowest BCUT2D eigenvalue weighted by Crippen LogP contribution is -2.52. The van der Waals surface area contributed by atoms with Gasteiger partial charge in [0.2, 0.25) is 0 Å². The lowest BCUT2D eigenvalue weighted by molar-refractivity contribution is -0.138. The van der Waals surface area contributed by atoms with Gasteiger partial charge in [0.1, 0.15) is 17.9 Å². The van der Waals surface area contributed by atoms with E-state index in [4.69, 9.17) is 4.74 Å². The molecule has 0 saturated carbocycles. The molecule has 1 aliphatic heterocycles. The van der Waals surface area contributed by atoms with Gasteiger partial charge in [-0.05, 0) is 37.5 Å². The Bertz CT molecular complexity index is 768. The summed E-state index contributed by atoms with van der Waals surface area (Å²) in [5.41, 5.74) is 2.21. The molecule has 1 aromatic heterocycles. The van der Waals surface area contributed by atoms with E-state index in [2.05, 4.69) is 40.8 Å². The first-order valence-corrected chi connectivity index (χ1v) is 9.53. The number of nitrogens with zero attached hydrogens (tertiary/aromatic N) is 4. The lowest BCUT2D eigenvalue weighted by atomic mass is 10.0. The molecule has 144 valence electrons. The average Bonchev–Trinajstić information content (AvgIpc) is 2.68. The van der Waals surface area contributed by atoms with Crippen LogP contribution in [0.15, 0.2) is 36.7 Å². The molecule has 0 bridgehead atoms. The van der Waals surface area contributed by atoms with Crippen LogP contribution in [0.25, 0.3) is 0 Å². The first-order chi connectivity index (χ1) is 12.9. The van der Waals surface area contributed by atoms with Gasteiger partial charge in [0.05, 0.1) is 0 Å². The Morgan fingerprint density at radius 2 is 1.70 bits per heavy atom. The van der Waals surface area contributed by atoms with Gasteiger partial charge in [0.25, 0.3) is 5.91 Å². The number of amides is 1. The number of benzene rings is 1. The summed E-state index contributed by atoms with van der Waals surface area (Å²) in [6.07, 6.45) is 1.09. The van der Waals surface area contributed by atoms with Crippen molar-refractivity contribution in [3.05, 3.63) is 47.9 Å². The molecule has 0 radical (unpaired) electrons. The number of piperazine rings is 1.